The summed E-state index contributed by atoms with van der Waals surface area (Å²) < 4.78 is 127. The van der Waals surface area contributed by atoms with Gasteiger partial charge in [0.1, 0.15) is 93.5 Å². The molecule has 20 rings (SSSR count). The third-order valence-electron chi connectivity index (χ3n) is 25.3. The van der Waals surface area contributed by atoms with Gasteiger partial charge in [0.25, 0.3) is 0 Å². The third kappa shape index (κ3) is 24.0. The zero-order valence-corrected chi connectivity index (χ0v) is 79.7. The number of anilines is 4. The van der Waals surface area contributed by atoms with Crippen molar-refractivity contribution in [1.29, 1.82) is 0 Å². The Labute approximate surface area is 825 Å². The SMILES string of the molecule is COc1cc(N2CCN(C(=O)Cc3nc(-c4ccc(F)c(C)c4)cn3-c3ccc(F)cc3)CC2)ncn1.COc1ccnc(N2CCN(C(=O)Cc3nc(-c4ccc(F)c(C)c4)cn3-c3ccc(F)cc3)CC2)c1.Cc1cc(-c2cn(-c3ccc(F)cc3)c(CC(=O)N3CCN(c4cccnn4)CC3)n2)ccc1F.Cc1cc(-c2cn(-c3ccc(F)cc3)c(CC(=O)N3CCN(c4ncccn4)CC3)n2)ccc1F. The Kier molecular flexibility index (Phi) is 30.9. The van der Waals surface area contributed by atoms with Crippen LogP contribution < -0.4 is 29.1 Å². The quantitative estimate of drug-likeness (QED) is 0.0570. The molecule has 37 heteroatoms. The van der Waals surface area contributed by atoms with E-state index in [1.165, 1.54) is 79.1 Å². The molecule has 736 valence electrons. The average molecular weight is 1960 g/mol. The maximum atomic E-state index is 13.8. The summed E-state index contributed by atoms with van der Waals surface area (Å²) in [6.07, 6.45) is 15.7. The van der Waals surface area contributed by atoms with Gasteiger partial charge in [-0.2, -0.15) is 5.10 Å². The fraction of sp³-hybridized carbons (Fsp3) is 0.243. The highest BCUT2D eigenvalue weighted by atomic mass is 19.2. The second-order valence-corrected chi connectivity index (χ2v) is 34.7. The zero-order chi connectivity index (χ0) is 101. The number of aromatic nitrogens is 15. The largest absolute Gasteiger partial charge is 0.497 e. The number of pyridine rings is 1. The maximum absolute atomic E-state index is 13.8. The summed E-state index contributed by atoms with van der Waals surface area (Å²) in [5, 5.41) is 8.07. The second-order valence-electron chi connectivity index (χ2n) is 34.7. The molecule has 0 bridgehead atoms. The number of amides is 4. The molecule has 0 radical (unpaired) electrons. The lowest BCUT2D eigenvalue weighted by Gasteiger charge is -2.35. The lowest BCUT2D eigenvalue weighted by atomic mass is 10.1. The molecular weight excluding hydrogens is 1860 g/mol. The number of halogens is 8. The Morgan fingerprint density at radius 2 is 0.611 bits per heavy atom. The second kappa shape index (κ2) is 45.1. The number of nitrogens with zero attached hydrogens (tertiary/aromatic N) is 23. The van der Waals surface area contributed by atoms with Crippen LogP contribution >= 0.6 is 0 Å². The molecule has 0 unspecified atom stereocenters. The highest BCUT2D eigenvalue weighted by molar-refractivity contribution is 5.82. The maximum Gasteiger partial charge on any atom is 0.230 e. The van der Waals surface area contributed by atoms with Crippen molar-refractivity contribution in [2.24, 2.45) is 0 Å². The summed E-state index contributed by atoms with van der Waals surface area (Å²) >= 11 is 0. The van der Waals surface area contributed by atoms with Crippen LogP contribution in [0.25, 0.3) is 67.8 Å². The van der Waals surface area contributed by atoms with Crippen molar-refractivity contribution >= 4 is 47.0 Å². The van der Waals surface area contributed by atoms with Gasteiger partial charge in [0.15, 0.2) is 5.82 Å². The van der Waals surface area contributed by atoms with Crippen molar-refractivity contribution in [2.45, 2.75) is 53.4 Å². The Morgan fingerprint density at radius 3 is 0.910 bits per heavy atom. The molecule has 0 spiro atoms. The van der Waals surface area contributed by atoms with E-state index in [1.807, 2.05) is 32.9 Å². The van der Waals surface area contributed by atoms with Crippen molar-refractivity contribution in [2.75, 3.05) is 139 Å². The fourth-order valence-corrected chi connectivity index (χ4v) is 17.2. The molecule has 4 aliphatic heterocycles. The minimum absolute atomic E-state index is 0.0420. The van der Waals surface area contributed by atoms with Crippen LogP contribution in [0.1, 0.15) is 45.6 Å². The van der Waals surface area contributed by atoms with E-state index in [0.717, 1.165) is 45.5 Å². The molecule has 4 saturated heterocycles. The van der Waals surface area contributed by atoms with Crippen LogP contribution in [0.3, 0.4) is 0 Å². The molecule has 0 saturated carbocycles. The van der Waals surface area contributed by atoms with Gasteiger partial charge < -0.3 is 66.9 Å². The number of ether oxygens (including phenoxy) is 2. The fourth-order valence-electron chi connectivity index (χ4n) is 17.2. The van der Waals surface area contributed by atoms with E-state index in [4.69, 9.17) is 29.4 Å². The van der Waals surface area contributed by atoms with Gasteiger partial charge in [-0.05, 0) is 244 Å². The Hall–Kier alpha value is -16.9. The molecule has 4 amide bonds. The predicted molar refractivity (Wildman–Crippen MR) is 528 cm³/mol. The van der Waals surface area contributed by atoms with Gasteiger partial charge in [-0.1, -0.05) is 0 Å². The van der Waals surface area contributed by atoms with Crippen LogP contribution in [0.15, 0.2) is 262 Å². The molecule has 8 aromatic heterocycles. The summed E-state index contributed by atoms with van der Waals surface area (Å²) in [6, 6.07) is 54.2. The van der Waals surface area contributed by atoms with Gasteiger partial charge >= 0.3 is 0 Å². The van der Waals surface area contributed by atoms with E-state index < -0.39 is 0 Å². The summed E-state index contributed by atoms with van der Waals surface area (Å²) in [4.78, 5) is 109. The first-order valence-corrected chi connectivity index (χ1v) is 46.7. The number of piperazine rings is 4. The van der Waals surface area contributed by atoms with E-state index in [9.17, 15) is 54.3 Å². The standard InChI is InChI=1S/C28H27F2N5O2.C27H26F2N6O2.2C26H24F2N6O/c1-19-15-20(3-8-24(19)30)25-18-35(22-6-4-21(29)5-7-22)27(32-25)17-28(36)34-13-11-33(12-14-34)26-16-23(37-2)9-10-31-26;1-18-13-19(3-8-22(18)29)23-16-35(21-6-4-20(28)5-7-21)25(32-23)15-27(36)34-11-9-33(10-12-34)24-14-26(37-2)31-17-30-24;1-18-15-19(3-8-22(18)28)23-17-34(21-6-4-20(27)5-7-21)24(31-23)16-25(35)32-11-13-33(14-12-32)26-29-9-2-10-30-26;1-18-15-19(4-9-22(18)28)23-17-34(21-7-5-20(27)6-8-21)25(30-23)16-26(35)33-13-11-32(12-14-33)24-3-2-10-29-31-24/h3-10,15-16,18H,11-14,17H2,1-2H3;3-8,13-14,16-17H,9-12,15H2,1-2H3;2*2-10,15,17H,11-14,16H2,1H3. The van der Waals surface area contributed by atoms with Gasteiger partial charge in [-0.15, -0.1) is 5.10 Å². The van der Waals surface area contributed by atoms with Crippen LogP contribution in [-0.2, 0) is 44.9 Å². The molecule has 8 aromatic carbocycles. The lowest BCUT2D eigenvalue weighted by molar-refractivity contribution is -0.131. The normalized spacial score (nSPS) is 13.7. The number of benzene rings is 8. The number of hydrogen-bond acceptors (Lipinski definition) is 21. The predicted octanol–water partition coefficient (Wildman–Crippen LogP) is 15.9. The van der Waals surface area contributed by atoms with Crippen molar-refractivity contribution < 1.29 is 63.8 Å². The van der Waals surface area contributed by atoms with Gasteiger partial charge in [0.2, 0.25) is 35.5 Å². The highest BCUT2D eigenvalue weighted by Crippen LogP contribution is 2.33. The first kappa shape index (κ1) is 98.7. The molecule has 16 aromatic rings. The first-order chi connectivity index (χ1) is 69.8. The molecule has 0 aliphatic carbocycles. The van der Waals surface area contributed by atoms with Crippen molar-refractivity contribution in [3.8, 4) is 79.4 Å². The average Bonchev–Trinajstić information content (AvgIpc) is 1.65. The number of carbonyl (C=O) groups excluding carboxylic acids is 4. The van der Waals surface area contributed by atoms with Gasteiger partial charge in [0.05, 0.1) is 62.7 Å². The molecule has 144 heavy (non-hydrogen) atoms. The summed E-state index contributed by atoms with van der Waals surface area (Å²) in [5.74, 6) is 3.63. The van der Waals surface area contributed by atoms with E-state index >= 15 is 0 Å². The van der Waals surface area contributed by atoms with Crippen molar-refractivity contribution in [3.05, 3.63) is 354 Å². The number of aryl methyl sites for hydroxylation is 4. The lowest BCUT2D eigenvalue weighted by Crippen LogP contribution is -2.49. The third-order valence-corrected chi connectivity index (χ3v) is 25.3. The number of methoxy groups -OCH3 is 2. The van der Waals surface area contributed by atoms with Crippen molar-refractivity contribution in [3.63, 3.8) is 0 Å². The molecule has 0 atom stereocenters. The highest BCUT2D eigenvalue weighted by Gasteiger charge is 2.32. The molecule has 0 N–H and O–H groups in total. The zero-order valence-electron chi connectivity index (χ0n) is 79.7. The van der Waals surface area contributed by atoms with E-state index in [-0.39, 0.29) is 95.8 Å². The van der Waals surface area contributed by atoms with Gasteiger partial charge in [-0.25, -0.2) is 80.0 Å². The Balaban J connectivity index is 0.000000132. The summed E-state index contributed by atoms with van der Waals surface area (Å²) in [6.45, 7) is 16.4. The van der Waals surface area contributed by atoms with Crippen LogP contribution in [0.4, 0.5) is 58.5 Å². The van der Waals surface area contributed by atoms with Crippen LogP contribution in [0, 0.1) is 74.2 Å². The van der Waals surface area contributed by atoms with Crippen molar-refractivity contribution in [1.82, 2.24) is 92.9 Å². The smallest absolute Gasteiger partial charge is 0.230 e. The minimum Gasteiger partial charge on any atom is -0.497 e. The number of rotatable bonds is 22. The van der Waals surface area contributed by atoms with E-state index in [2.05, 4.69) is 54.7 Å². The van der Waals surface area contributed by atoms with Crippen LogP contribution in [-0.4, -0.2) is 235 Å². The topological polar surface area (TPSA) is 274 Å². The molecular formula is C107H101F8N23O6. The van der Waals surface area contributed by atoms with Gasteiger partial charge in [-0.3, -0.25) is 19.2 Å². The Bertz CT molecular complexity index is 6770. The molecule has 4 aliphatic rings. The number of imidazole rings is 4. The van der Waals surface area contributed by atoms with Gasteiger partial charge in [0, 0.05) is 211 Å². The number of hydrogen-bond donors (Lipinski definition) is 0. The monoisotopic (exact) mass is 1960 g/mol. The summed E-state index contributed by atoms with van der Waals surface area (Å²) in [7, 11) is 3.18. The van der Waals surface area contributed by atoms with Crippen LogP contribution in [0.5, 0.6) is 11.6 Å². The minimum atomic E-state index is -0.352. The van der Waals surface area contributed by atoms with E-state index in [1.54, 1.807) is 230 Å². The van der Waals surface area contributed by atoms with Crippen LogP contribution in [0.2, 0.25) is 0 Å². The summed E-state index contributed by atoms with van der Waals surface area (Å²) in [5.41, 5.74) is 10.2. The first-order valence-electron chi connectivity index (χ1n) is 46.7. The molecule has 12 heterocycles. The molecule has 4 fully saturated rings. The van der Waals surface area contributed by atoms with E-state index in [0.29, 0.717) is 208 Å². The number of carbonyl (C=O) groups is 4. The molecule has 29 nitrogen and oxygen atoms in total. The Morgan fingerprint density at radius 1 is 0.299 bits per heavy atom.